The highest BCUT2D eigenvalue weighted by molar-refractivity contribution is 7.98. The monoisotopic (exact) mass is 523 g/mol. The fourth-order valence-corrected chi connectivity index (χ4v) is 3.59. The molecule has 34 heavy (non-hydrogen) atoms. The van der Waals surface area contributed by atoms with E-state index in [0.29, 0.717) is 17.9 Å². The molecule has 0 aliphatic carbocycles. The van der Waals surface area contributed by atoms with Crippen molar-refractivity contribution in [2.45, 2.75) is 56.3 Å². The van der Waals surface area contributed by atoms with Gasteiger partial charge in [-0.1, -0.05) is 0 Å². The van der Waals surface area contributed by atoms with Gasteiger partial charge in [0.05, 0.1) is 12.5 Å². The van der Waals surface area contributed by atoms with Crippen molar-refractivity contribution in [2.24, 2.45) is 11.5 Å². The minimum Gasteiger partial charge on any atom is -0.481 e. The topological polar surface area (TPSA) is 231 Å². The van der Waals surface area contributed by atoms with Crippen LogP contribution in [0.4, 0.5) is 0 Å². The summed E-state index contributed by atoms with van der Waals surface area (Å²) < 4.78 is 0. The van der Waals surface area contributed by atoms with Crippen LogP contribution in [0.25, 0.3) is 0 Å². The molecule has 194 valence electrons. The zero-order valence-corrected chi connectivity index (χ0v) is 20.7. The van der Waals surface area contributed by atoms with Crippen LogP contribution in [-0.4, -0.2) is 94.0 Å². The lowest BCUT2D eigenvalue weighted by atomic mass is 10.1. The van der Waals surface area contributed by atoms with E-state index >= 15 is 0 Å². The maximum Gasteiger partial charge on any atom is 0.326 e. The van der Waals surface area contributed by atoms with Crippen LogP contribution in [0.5, 0.6) is 0 Å². The van der Waals surface area contributed by atoms with Crippen molar-refractivity contribution >= 4 is 59.1 Å². The Hall–Kier alpha value is -2.52. The third-order valence-electron chi connectivity index (χ3n) is 4.52. The number of hydrogen-bond donors (Lipinski definition) is 7. The zero-order valence-electron chi connectivity index (χ0n) is 19.1. The summed E-state index contributed by atoms with van der Waals surface area (Å²) in [7, 11) is 0. The summed E-state index contributed by atoms with van der Waals surface area (Å²) in [4.78, 5) is 71.3. The molecule has 0 fully saturated rings. The second-order valence-electron chi connectivity index (χ2n) is 7.29. The second kappa shape index (κ2) is 17.0. The highest BCUT2D eigenvalue weighted by Crippen LogP contribution is 2.06. The number of nitrogens with one attached hydrogen (secondary N) is 3. The Morgan fingerprint density at radius 3 is 1.71 bits per heavy atom. The maximum absolute atomic E-state index is 12.9. The average Bonchev–Trinajstić information content (AvgIpc) is 2.76. The Balaban J connectivity index is 5.49. The second-order valence-corrected chi connectivity index (χ2v) is 9.27. The number of carboxylic acids is 2. The van der Waals surface area contributed by atoms with Crippen molar-refractivity contribution in [1.29, 1.82) is 0 Å². The number of carboxylic acid groups (broad SMARTS) is 2. The van der Waals surface area contributed by atoms with Crippen LogP contribution in [-0.2, 0) is 28.8 Å². The third-order valence-corrected chi connectivity index (χ3v) is 5.81. The first-order chi connectivity index (χ1) is 15.9. The smallest absolute Gasteiger partial charge is 0.326 e. The molecule has 4 amide bonds. The van der Waals surface area contributed by atoms with Gasteiger partial charge >= 0.3 is 11.9 Å². The molecule has 0 aromatic rings. The molecule has 13 nitrogen and oxygen atoms in total. The van der Waals surface area contributed by atoms with Crippen LogP contribution in [0, 0.1) is 0 Å². The first-order valence-corrected chi connectivity index (χ1v) is 13.1. The number of amides is 4. The van der Waals surface area contributed by atoms with E-state index in [1.807, 2.05) is 6.26 Å². The van der Waals surface area contributed by atoms with Crippen molar-refractivity contribution < 1.29 is 39.0 Å². The fourth-order valence-electron chi connectivity index (χ4n) is 2.63. The number of carbonyl (C=O) groups is 6. The summed E-state index contributed by atoms with van der Waals surface area (Å²) in [6.45, 7) is 0. The Kier molecular flexibility index (Phi) is 15.7. The van der Waals surface area contributed by atoms with E-state index < -0.39 is 66.2 Å². The molecule has 0 saturated carbocycles. The fraction of sp³-hybridized carbons (Fsp3) is 0.684. The molecule has 0 aliphatic rings. The predicted octanol–water partition coefficient (Wildman–Crippen LogP) is -1.90. The van der Waals surface area contributed by atoms with Gasteiger partial charge < -0.3 is 37.6 Å². The predicted molar refractivity (Wildman–Crippen MR) is 128 cm³/mol. The summed E-state index contributed by atoms with van der Waals surface area (Å²) in [6, 6.07) is -5.02. The first kappa shape index (κ1) is 31.5. The average molecular weight is 524 g/mol. The third kappa shape index (κ3) is 13.3. The number of hydrogen-bond acceptors (Lipinski definition) is 9. The number of primary amides is 1. The Morgan fingerprint density at radius 1 is 0.765 bits per heavy atom. The summed E-state index contributed by atoms with van der Waals surface area (Å²) >= 11 is 2.85. The van der Waals surface area contributed by atoms with E-state index in [0.717, 1.165) is 0 Å². The molecule has 0 spiro atoms. The molecule has 4 atom stereocenters. The van der Waals surface area contributed by atoms with Gasteiger partial charge in [0, 0.05) is 6.42 Å². The van der Waals surface area contributed by atoms with E-state index in [1.165, 1.54) is 23.5 Å². The molecule has 4 unspecified atom stereocenters. The van der Waals surface area contributed by atoms with Gasteiger partial charge in [0.25, 0.3) is 0 Å². The minimum atomic E-state index is -1.70. The minimum absolute atomic E-state index is 0.0991. The molecular formula is C19H33N5O8S2. The van der Waals surface area contributed by atoms with Gasteiger partial charge in [0.15, 0.2) is 0 Å². The van der Waals surface area contributed by atoms with E-state index in [1.54, 1.807) is 6.26 Å². The lowest BCUT2D eigenvalue weighted by Gasteiger charge is -2.25. The first-order valence-electron chi connectivity index (χ1n) is 10.3. The highest BCUT2D eigenvalue weighted by Gasteiger charge is 2.31. The van der Waals surface area contributed by atoms with Crippen LogP contribution < -0.4 is 27.4 Å². The normalized spacial score (nSPS) is 14.2. The quantitative estimate of drug-likeness (QED) is 0.105. The van der Waals surface area contributed by atoms with Crippen molar-refractivity contribution in [3.63, 3.8) is 0 Å². The molecule has 0 aromatic carbocycles. The van der Waals surface area contributed by atoms with Gasteiger partial charge in [-0.05, 0) is 43.3 Å². The SMILES string of the molecule is CSCCC(N)C(=O)NC(CCC(N)=O)C(=O)NC(CCSC)C(=O)NC(CC(=O)O)C(=O)O. The molecule has 9 N–H and O–H groups in total. The van der Waals surface area contributed by atoms with Crippen LogP contribution in [0.2, 0.25) is 0 Å². The summed E-state index contributed by atoms with van der Waals surface area (Å²) in [6.07, 6.45) is 2.84. The van der Waals surface area contributed by atoms with E-state index in [4.69, 9.17) is 21.7 Å². The molecule has 0 aliphatic heterocycles. The lowest BCUT2D eigenvalue weighted by Crippen LogP contribution is -2.57. The van der Waals surface area contributed by atoms with Crippen molar-refractivity contribution in [3.05, 3.63) is 0 Å². The van der Waals surface area contributed by atoms with Gasteiger partial charge in [0.2, 0.25) is 23.6 Å². The molecule has 0 aromatic heterocycles. The van der Waals surface area contributed by atoms with Gasteiger partial charge in [-0.15, -0.1) is 0 Å². The van der Waals surface area contributed by atoms with Gasteiger partial charge in [-0.25, -0.2) is 4.79 Å². The number of carbonyl (C=O) groups excluding carboxylic acids is 4. The zero-order chi connectivity index (χ0) is 26.3. The molecule has 0 rings (SSSR count). The van der Waals surface area contributed by atoms with Crippen molar-refractivity contribution in [3.8, 4) is 0 Å². The van der Waals surface area contributed by atoms with Gasteiger partial charge in [-0.3, -0.25) is 24.0 Å². The molecule has 0 radical (unpaired) electrons. The Morgan fingerprint density at radius 2 is 1.24 bits per heavy atom. The van der Waals surface area contributed by atoms with Crippen molar-refractivity contribution in [1.82, 2.24) is 16.0 Å². The number of rotatable bonds is 18. The van der Waals surface area contributed by atoms with E-state index in [9.17, 15) is 28.8 Å². The van der Waals surface area contributed by atoms with Crippen molar-refractivity contribution in [2.75, 3.05) is 24.0 Å². The highest BCUT2D eigenvalue weighted by atomic mass is 32.2. The van der Waals surface area contributed by atoms with Gasteiger partial charge in [-0.2, -0.15) is 23.5 Å². The summed E-state index contributed by atoms with van der Waals surface area (Å²) in [5.41, 5.74) is 11.0. The maximum atomic E-state index is 12.9. The molecule has 0 saturated heterocycles. The Labute approximate surface area is 205 Å². The van der Waals surface area contributed by atoms with E-state index in [2.05, 4.69) is 16.0 Å². The molecular weight excluding hydrogens is 490 g/mol. The Bertz CT molecular complexity index is 739. The standard InChI is InChI=1S/C19H33N5O8S2/c1-33-7-5-10(20)16(28)22-11(3-4-14(21)25)17(29)23-12(6-8-34-2)18(30)24-13(19(31)32)9-15(26)27/h10-13H,3-9,20H2,1-2H3,(H2,21,25)(H,22,28)(H,23,29)(H,24,30)(H,26,27)(H,31,32). The lowest BCUT2D eigenvalue weighted by molar-refractivity contribution is -0.147. The van der Waals surface area contributed by atoms with Gasteiger partial charge in [0.1, 0.15) is 18.1 Å². The van der Waals surface area contributed by atoms with E-state index in [-0.39, 0.29) is 19.3 Å². The van der Waals surface area contributed by atoms with Crippen LogP contribution in [0.15, 0.2) is 0 Å². The number of thioether (sulfide) groups is 2. The van der Waals surface area contributed by atoms with Crippen LogP contribution in [0.1, 0.15) is 32.1 Å². The molecule has 0 heterocycles. The number of nitrogens with two attached hydrogens (primary N) is 2. The number of aliphatic carboxylic acids is 2. The van der Waals surface area contributed by atoms with Crippen LogP contribution in [0.3, 0.4) is 0 Å². The largest absolute Gasteiger partial charge is 0.481 e. The molecule has 0 bridgehead atoms. The summed E-state index contributed by atoms with van der Waals surface area (Å²) in [5.74, 6) is -4.95. The molecule has 15 heteroatoms. The van der Waals surface area contributed by atoms with Crippen LogP contribution >= 0.6 is 23.5 Å². The summed E-state index contributed by atoms with van der Waals surface area (Å²) in [5, 5.41) is 25.0.